The van der Waals surface area contributed by atoms with Crippen LogP contribution < -0.4 is 5.32 Å². The molecule has 0 unspecified atom stereocenters. The van der Waals surface area contributed by atoms with Gasteiger partial charge in [-0.15, -0.1) is 0 Å². The summed E-state index contributed by atoms with van der Waals surface area (Å²) in [5.74, 6) is -1.73. The summed E-state index contributed by atoms with van der Waals surface area (Å²) in [6, 6.07) is 3.67. The minimum Gasteiger partial charge on any atom is -0.463 e. The second-order valence-corrected chi connectivity index (χ2v) is 3.63. The molecule has 1 aromatic carbocycles. The molecule has 0 saturated heterocycles. The van der Waals surface area contributed by atoms with Crippen molar-refractivity contribution >= 4 is 5.97 Å². The molecule has 18 heavy (non-hydrogen) atoms. The third-order valence-corrected chi connectivity index (χ3v) is 2.23. The van der Waals surface area contributed by atoms with Crippen LogP contribution in [0, 0.1) is 11.6 Å². The molecule has 1 aromatic rings. The maximum absolute atomic E-state index is 13.3. The highest BCUT2D eigenvalue weighted by molar-refractivity contribution is 5.82. The molecule has 5 heteroatoms. The van der Waals surface area contributed by atoms with Crippen molar-refractivity contribution in [3.05, 3.63) is 47.2 Å². The van der Waals surface area contributed by atoms with Crippen molar-refractivity contribution < 1.29 is 18.3 Å². The summed E-state index contributed by atoms with van der Waals surface area (Å²) >= 11 is 0. The third kappa shape index (κ3) is 4.16. The second kappa shape index (κ2) is 6.74. The minimum absolute atomic E-state index is 0.0275. The van der Waals surface area contributed by atoms with Gasteiger partial charge in [0, 0.05) is 23.9 Å². The molecule has 1 N–H and O–H groups in total. The second-order valence-electron chi connectivity index (χ2n) is 3.63. The Morgan fingerprint density at radius 3 is 2.56 bits per heavy atom. The first kappa shape index (κ1) is 14.2. The normalized spacial score (nSPS) is 11.2. The van der Waals surface area contributed by atoms with Crippen LogP contribution in [0.4, 0.5) is 8.78 Å². The standard InChI is InChI=1S/C13H15F2NO2/c1-3-18-13(17)7-9(2)16-8-10-11(14)5-4-6-12(10)15/h4-7,16H,3,8H2,1-2H3/b9-7-. The van der Waals surface area contributed by atoms with E-state index in [1.54, 1.807) is 13.8 Å². The van der Waals surface area contributed by atoms with E-state index in [0.717, 1.165) is 0 Å². The summed E-state index contributed by atoms with van der Waals surface area (Å²) in [5, 5.41) is 2.75. The van der Waals surface area contributed by atoms with Crippen LogP contribution in [0.1, 0.15) is 19.4 Å². The zero-order valence-electron chi connectivity index (χ0n) is 10.3. The Bertz CT molecular complexity index is 438. The van der Waals surface area contributed by atoms with Crippen LogP contribution in [-0.4, -0.2) is 12.6 Å². The fourth-order valence-electron chi connectivity index (χ4n) is 1.34. The maximum atomic E-state index is 13.3. The van der Waals surface area contributed by atoms with Crippen molar-refractivity contribution in [2.75, 3.05) is 6.61 Å². The lowest BCUT2D eigenvalue weighted by molar-refractivity contribution is -0.137. The number of esters is 1. The number of ether oxygens (including phenoxy) is 1. The third-order valence-electron chi connectivity index (χ3n) is 2.23. The van der Waals surface area contributed by atoms with Gasteiger partial charge in [0.1, 0.15) is 11.6 Å². The lowest BCUT2D eigenvalue weighted by Crippen LogP contribution is -2.15. The van der Waals surface area contributed by atoms with Crippen LogP contribution in [0.3, 0.4) is 0 Å². The van der Waals surface area contributed by atoms with Crippen molar-refractivity contribution in [2.45, 2.75) is 20.4 Å². The fraction of sp³-hybridized carbons (Fsp3) is 0.308. The Morgan fingerprint density at radius 1 is 1.39 bits per heavy atom. The Morgan fingerprint density at radius 2 is 2.00 bits per heavy atom. The molecule has 98 valence electrons. The number of carbonyl (C=O) groups excluding carboxylic acids is 1. The van der Waals surface area contributed by atoms with Crippen LogP contribution in [0.2, 0.25) is 0 Å². The summed E-state index contributed by atoms with van der Waals surface area (Å²) < 4.78 is 31.3. The first-order chi connectivity index (χ1) is 8.54. The number of allylic oxidation sites excluding steroid dienone is 1. The number of hydrogen-bond donors (Lipinski definition) is 1. The van der Waals surface area contributed by atoms with Crippen LogP contribution in [0.5, 0.6) is 0 Å². The number of nitrogens with one attached hydrogen (secondary N) is 1. The molecule has 0 atom stereocenters. The Kier molecular flexibility index (Phi) is 5.30. The van der Waals surface area contributed by atoms with E-state index >= 15 is 0 Å². The van der Waals surface area contributed by atoms with Gasteiger partial charge < -0.3 is 10.1 Å². The Hall–Kier alpha value is -1.91. The zero-order valence-corrected chi connectivity index (χ0v) is 10.3. The van der Waals surface area contributed by atoms with Gasteiger partial charge in [0.25, 0.3) is 0 Å². The molecule has 1 rings (SSSR count). The largest absolute Gasteiger partial charge is 0.463 e. The van der Waals surface area contributed by atoms with Crippen molar-refractivity contribution in [1.82, 2.24) is 5.32 Å². The van der Waals surface area contributed by atoms with E-state index in [0.29, 0.717) is 5.70 Å². The highest BCUT2D eigenvalue weighted by Gasteiger charge is 2.07. The van der Waals surface area contributed by atoms with Crippen LogP contribution >= 0.6 is 0 Å². The number of benzene rings is 1. The van der Waals surface area contributed by atoms with Gasteiger partial charge in [-0.2, -0.15) is 0 Å². The molecule has 0 aliphatic rings. The van der Waals surface area contributed by atoms with E-state index in [9.17, 15) is 13.6 Å². The van der Waals surface area contributed by atoms with Gasteiger partial charge in [-0.3, -0.25) is 0 Å². The zero-order chi connectivity index (χ0) is 13.5. The average molecular weight is 255 g/mol. The summed E-state index contributed by atoms with van der Waals surface area (Å²) in [4.78, 5) is 11.1. The summed E-state index contributed by atoms with van der Waals surface area (Å²) in [5.41, 5.74) is 0.421. The molecule has 0 fully saturated rings. The number of rotatable bonds is 5. The molecule has 0 bridgehead atoms. The highest BCUT2D eigenvalue weighted by atomic mass is 19.1. The molecule has 0 aliphatic heterocycles. The predicted octanol–water partition coefficient (Wildman–Crippen LogP) is 2.52. The minimum atomic E-state index is -0.619. The van der Waals surface area contributed by atoms with Gasteiger partial charge in [-0.25, -0.2) is 13.6 Å². The van der Waals surface area contributed by atoms with Crippen molar-refractivity contribution in [3.8, 4) is 0 Å². The van der Waals surface area contributed by atoms with Gasteiger partial charge in [0.2, 0.25) is 0 Å². The SMILES string of the molecule is CCOC(=O)/C=C(/C)NCc1c(F)cccc1F. The molecular weight excluding hydrogens is 240 g/mol. The lowest BCUT2D eigenvalue weighted by atomic mass is 10.2. The number of carbonyl (C=O) groups is 1. The fourth-order valence-corrected chi connectivity index (χ4v) is 1.34. The van der Waals surface area contributed by atoms with E-state index in [2.05, 4.69) is 5.32 Å². The average Bonchev–Trinajstić information content (AvgIpc) is 2.28. The number of hydrogen-bond acceptors (Lipinski definition) is 3. The van der Waals surface area contributed by atoms with E-state index in [4.69, 9.17) is 4.74 Å². The first-order valence-corrected chi connectivity index (χ1v) is 5.56. The monoisotopic (exact) mass is 255 g/mol. The van der Waals surface area contributed by atoms with E-state index in [1.165, 1.54) is 24.3 Å². The van der Waals surface area contributed by atoms with Gasteiger partial charge in [-0.05, 0) is 26.0 Å². The topological polar surface area (TPSA) is 38.3 Å². The number of halogens is 2. The highest BCUT2D eigenvalue weighted by Crippen LogP contribution is 2.11. The summed E-state index contributed by atoms with van der Waals surface area (Å²) in [6.07, 6.45) is 1.24. The summed E-state index contributed by atoms with van der Waals surface area (Å²) in [7, 11) is 0. The van der Waals surface area contributed by atoms with Crippen LogP contribution in [0.15, 0.2) is 30.0 Å². The molecule has 3 nitrogen and oxygen atoms in total. The van der Waals surface area contributed by atoms with Crippen LogP contribution in [-0.2, 0) is 16.1 Å². The lowest BCUT2D eigenvalue weighted by Gasteiger charge is -2.08. The van der Waals surface area contributed by atoms with E-state index in [-0.39, 0.29) is 18.7 Å². The van der Waals surface area contributed by atoms with Gasteiger partial charge in [0.15, 0.2) is 0 Å². The van der Waals surface area contributed by atoms with Crippen molar-refractivity contribution in [1.29, 1.82) is 0 Å². The predicted molar refractivity (Wildman–Crippen MR) is 63.6 cm³/mol. The van der Waals surface area contributed by atoms with Gasteiger partial charge in [-0.1, -0.05) is 6.07 Å². The smallest absolute Gasteiger partial charge is 0.332 e. The first-order valence-electron chi connectivity index (χ1n) is 5.56. The summed E-state index contributed by atoms with van der Waals surface area (Å²) in [6.45, 7) is 3.57. The van der Waals surface area contributed by atoms with E-state index < -0.39 is 17.6 Å². The molecule has 0 radical (unpaired) electrons. The molecule has 0 saturated carbocycles. The molecule has 0 amide bonds. The van der Waals surface area contributed by atoms with Crippen LogP contribution in [0.25, 0.3) is 0 Å². The quantitative estimate of drug-likeness (QED) is 0.649. The van der Waals surface area contributed by atoms with Gasteiger partial charge >= 0.3 is 5.97 Å². The molecule has 0 aromatic heterocycles. The molecule has 0 aliphatic carbocycles. The maximum Gasteiger partial charge on any atom is 0.332 e. The Labute approximate surface area is 104 Å². The molecular formula is C13H15F2NO2. The van der Waals surface area contributed by atoms with E-state index in [1.807, 2.05) is 0 Å². The Balaban J connectivity index is 2.62. The van der Waals surface area contributed by atoms with Gasteiger partial charge in [0.05, 0.1) is 6.61 Å². The molecule has 0 heterocycles. The van der Waals surface area contributed by atoms with Crippen molar-refractivity contribution in [3.63, 3.8) is 0 Å². The van der Waals surface area contributed by atoms with Crippen molar-refractivity contribution in [2.24, 2.45) is 0 Å². The molecule has 0 spiro atoms.